The standard InChI is InChI=1S/C62H40.2ClH.Zr/c1-6-20-39(21-7-1)50(62-56(44-26-12-4-13-27-44)60-48-36-18-32-41-33-19-37-49(53(41)48)61(60)57(62)45-28-14-5-15-29-45)38-51-54(42-22-8-2-9-23-42)58-46-34-16-30-40-31-17-35-47(52(40)46)59(58)55(51)43-24-10-3-11-25-43;;;/h1-37,50H,38H2;2*1H;/q;;;+4/p-2. The molecule has 304 valence electrons. The molecule has 0 saturated heterocycles. The van der Waals surface area contributed by atoms with Crippen LogP contribution in [0, 0.1) is 59.2 Å². The van der Waals surface area contributed by atoms with Crippen molar-refractivity contribution in [1.29, 1.82) is 0 Å². The van der Waals surface area contributed by atoms with Gasteiger partial charge in [-0.15, -0.1) is 0 Å². The minimum absolute atomic E-state index is 0.00272. The van der Waals surface area contributed by atoms with Crippen molar-refractivity contribution in [2.24, 2.45) is 0 Å². The van der Waals surface area contributed by atoms with Gasteiger partial charge in [-0.25, -0.2) is 0 Å². The quantitative estimate of drug-likeness (QED) is 0.142. The molecule has 0 bridgehead atoms. The molecule has 1 unspecified atom stereocenters. The predicted octanol–water partition coefficient (Wildman–Crippen LogP) is 15.6. The van der Waals surface area contributed by atoms with E-state index in [0.717, 1.165) is 6.42 Å². The van der Waals surface area contributed by atoms with Gasteiger partial charge in [-0.05, 0) is 84.0 Å². The molecule has 0 aromatic heterocycles. The fraction of sp³-hybridized carbons (Fsp3) is 0.0323. The smallest absolute Gasteiger partial charge is 0.0302 e. The average molecular weight is 947 g/mol. The van der Waals surface area contributed by atoms with Gasteiger partial charge in [0.15, 0.2) is 0 Å². The summed E-state index contributed by atoms with van der Waals surface area (Å²) in [6.07, 6.45) is 0.804. The van der Waals surface area contributed by atoms with E-state index in [9.17, 15) is 0 Å². The van der Waals surface area contributed by atoms with E-state index in [1.54, 1.807) is 0 Å². The molecule has 0 N–H and O–H groups in total. The Bertz CT molecular complexity index is 2910. The van der Waals surface area contributed by atoms with Gasteiger partial charge in [-0.3, -0.25) is 0 Å². The van der Waals surface area contributed by atoms with Crippen molar-refractivity contribution >= 4 is 38.6 Å². The summed E-state index contributed by atoms with van der Waals surface area (Å²) in [5.74, 6) is 13.6. The molecule has 0 heterocycles. The molecule has 0 amide bonds. The van der Waals surface area contributed by atoms with Gasteiger partial charge in [0.05, 0.1) is 0 Å². The molecule has 2 saturated carbocycles. The molecule has 9 aromatic rings. The third-order valence-electron chi connectivity index (χ3n) is 13.7. The number of rotatable bonds is 8. The summed E-state index contributed by atoms with van der Waals surface area (Å²) >= 11 is -0.826. The topological polar surface area (TPSA) is 0 Å². The first kappa shape index (κ1) is 41.4. The number of benzene rings is 9. The van der Waals surface area contributed by atoms with Gasteiger partial charge in [-0.2, -0.15) is 0 Å². The Hall–Kier alpha value is -5.04. The maximum absolute atomic E-state index is 4.93. The molecule has 0 nitrogen and oxygen atoms in total. The summed E-state index contributed by atoms with van der Waals surface area (Å²) < 4.78 is 0. The normalized spacial score (nSPS) is 17.6. The van der Waals surface area contributed by atoms with Crippen LogP contribution in [0.3, 0.4) is 0 Å². The van der Waals surface area contributed by atoms with Gasteiger partial charge in [0.25, 0.3) is 0 Å². The van der Waals surface area contributed by atoms with Crippen LogP contribution in [-0.4, -0.2) is 0 Å². The van der Waals surface area contributed by atoms with Gasteiger partial charge in [0.1, 0.15) is 0 Å². The van der Waals surface area contributed by atoms with E-state index in [1.165, 1.54) is 131 Å². The van der Waals surface area contributed by atoms with Crippen molar-refractivity contribution in [3.05, 3.63) is 334 Å². The Kier molecular flexibility index (Phi) is 11.2. The molecule has 65 heavy (non-hydrogen) atoms. The van der Waals surface area contributed by atoms with E-state index in [2.05, 4.69) is 224 Å². The third-order valence-corrected chi connectivity index (χ3v) is 13.7. The van der Waals surface area contributed by atoms with Gasteiger partial charge in [-0.1, -0.05) is 224 Å². The molecule has 3 heteroatoms. The predicted molar refractivity (Wildman–Crippen MR) is 264 cm³/mol. The SMILES string of the molecule is [Cl][Zr+2][Cl].c1ccc([C]2[C](CC([C]3[C](c4ccccc4)[C]4[C]([C]3c3ccccc3)c3cccc5cccc4c35)c3ccccc3)[C](c3ccccc3)[C]3[C]2c2cccc4cccc3c24)cc1. The zero-order chi connectivity index (χ0) is 43.4. The maximum Gasteiger partial charge on any atom is 0.0302 e. The van der Waals surface area contributed by atoms with Gasteiger partial charge in [0.2, 0.25) is 0 Å². The van der Waals surface area contributed by atoms with E-state index in [1.807, 2.05) is 0 Å². The first-order valence-corrected chi connectivity index (χ1v) is 28.6. The van der Waals surface area contributed by atoms with Crippen molar-refractivity contribution in [2.75, 3.05) is 0 Å². The monoisotopic (exact) mass is 944 g/mol. The Balaban J connectivity index is 0.00000144. The largest absolute Gasteiger partial charge is 0.0622 e. The van der Waals surface area contributed by atoms with Crippen LogP contribution in [-0.2, 0) is 20.8 Å². The molecule has 2 fully saturated rings. The Morgan fingerprint density at radius 1 is 0.308 bits per heavy atom. The van der Waals surface area contributed by atoms with E-state index in [0.29, 0.717) is 0 Å². The zero-order valence-corrected chi connectivity index (χ0v) is 39.4. The van der Waals surface area contributed by atoms with Crippen LogP contribution in [0.5, 0.6) is 0 Å². The Morgan fingerprint density at radius 2 is 0.600 bits per heavy atom. The van der Waals surface area contributed by atoms with Crippen LogP contribution in [0.2, 0.25) is 0 Å². The molecule has 13 rings (SSSR count). The van der Waals surface area contributed by atoms with Crippen molar-refractivity contribution in [2.45, 2.75) is 12.3 Å². The number of hydrogen-bond donors (Lipinski definition) is 0. The summed E-state index contributed by atoms with van der Waals surface area (Å²) in [5.41, 5.74) is 11.7. The first-order chi connectivity index (χ1) is 32.2. The minimum atomic E-state index is -0.826. The first-order valence-electron chi connectivity index (χ1n) is 22.2. The van der Waals surface area contributed by atoms with Crippen molar-refractivity contribution in [1.82, 2.24) is 0 Å². The summed E-state index contributed by atoms with van der Waals surface area (Å²) in [7, 11) is 9.87. The van der Waals surface area contributed by atoms with Crippen molar-refractivity contribution in [3.63, 3.8) is 0 Å². The summed E-state index contributed by atoms with van der Waals surface area (Å²) in [6.45, 7) is 0. The van der Waals surface area contributed by atoms with Crippen LogP contribution < -0.4 is 0 Å². The molecule has 0 aliphatic heterocycles. The fourth-order valence-corrected chi connectivity index (χ4v) is 11.4. The Morgan fingerprint density at radius 3 is 0.938 bits per heavy atom. The molecular formula is C62H40Cl2Zr+2. The molecule has 4 aliphatic rings. The van der Waals surface area contributed by atoms with Crippen molar-refractivity contribution in [3.8, 4) is 0 Å². The van der Waals surface area contributed by atoms with E-state index < -0.39 is 20.8 Å². The second-order valence-electron chi connectivity index (χ2n) is 17.0. The molecule has 0 spiro atoms. The molecule has 10 radical (unpaired) electrons. The molecular weight excluding hydrogens is 907 g/mol. The maximum atomic E-state index is 4.93. The van der Waals surface area contributed by atoms with Crippen molar-refractivity contribution < 1.29 is 20.8 Å². The summed E-state index contributed by atoms with van der Waals surface area (Å²) in [4.78, 5) is 0. The second-order valence-corrected chi connectivity index (χ2v) is 20.7. The minimum Gasteiger partial charge on any atom is -0.0622 e. The molecule has 9 aromatic carbocycles. The second kappa shape index (κ2) is 17.6. The van der Waals surface area contributed by atoms with Gasteiger partial charge in [0, 0.05) is 59.2 Å². The average Bonchev–Trinajstić information content (AvgIpc) is 4.09. The number of fused-ring (bicyclic) bond motifs is 6. The third kappa shape index (κ3) is 6.86. The van der Waals surface area contributed by atoms with Crippen LogP contribution >= 0.6 is 17.0 Å². The number of hydrogen-bond acceptors (Lipinski definition) is 0. The van der Waals surface area contributed by atoms with E-state index in [4.69, 9.17) is 17.0 Å². The van der Waals surface area contributed by atoms with E-state index >= 15 is 0 Å². The zero-order valence-electron chi connectivity index (χ0n) is 35.4. The Labute approximate surface area is 402 Å². The van der Waals surface area contributed by atoms with Crippen LogP contribution in [0.1, 0.15) is 62.4 Å². The molecule has 4 aliphatic carbocycles. The number of halogens is 2. The fourth-order valence-electron chi connectivity index (χ4n) is 11.4. The van der Waals surface area contributed by atoms with Gasteiger partial charge < -0.3 is 0 Å². The summed E-state index contributed by atoms with van der Waals surface area (Å²) in [6, 6.07) is 83.8. The van der Waals surface area contributed by atoms with Crippen LogP contribution in [0.15, 0.2) is 224 Å². The van der Waals surface area contributed by atoms with E-state index in [-0.39, 0.29) is 5.92 Å². The van der Waals surface area contributed by atoms with Crippen LogP contribution in [0.4, 0.5) is 0 Å². The van der Waals surface area contributed by atoms with Gasteiger partial charge >= 0.3 is 37.9 Å². The molecule has 1 atom stereocenters. The van der Waals surface area contributed by atoms with Crippen LogP contribution in [0.25, 0.3) is 21.5 Å². The summed E-state index contributed by atoms with van der Waals surface area (Å²) in [5, 5.41) is 5.30.